The van der Waals surface area contributed by atoms with Crippen LogP contribution in [0.3, 0.4) is 0 Å². The van der Waals surface area contributed by atoms with E-state index in [4.69, 9.17) is 0 Å². The molecule has 0 spiro atoms. The minimum absolute atomic E-state index is 0.0138. The normalized spacial score (nSPS) is 30.8. The first kappa shape index (κ1) is 31.3. The van der Waals surface area contributed by atoms with Crippen molar-refractivity contribution in [3.8, 4) is 11.1 Å². The predicted molar refractivity (Wildman–Crippen MR) is 217 cm³/mol. The molecule has 1 fully saturated rings. The number of benzene rings is 4. The predicted octanol–water partition coefficient (Wildman–Crippen LogP) is 10.7. The molecule has 1 heterocycles. The van der Waals surface area contributed by atoms with Crippen LogP contribution in [0, 0.1) is 17.8 Å². The molecule has 7 atom stereocenters. The molecule has 0 aromatic heterocycles. The molecule has 10 rings (SSSR count). The monoisotopic (exact) mass is 679 g/mol. The van der Waals surface area contributed by atoms with E-state index in [1.165, 1.54) is 60.9 Å². The van der Waals surface area contributed by atoms with Crippen molar-refractivity contribution >= 4 is 20.4 Å². The standard InChI is InChI=1S/C49H49NSi/c1-3-13-34(14-4-1)35-23-27-38(28-24-35)50(40-31-32-48-44(33-40)43-19-9-12-22-47(43)51-48)39-29-25-37(26-30-39)49(36-15-5-2-6-16-36)45-20-10-7-17-41(45)42-18-8-11-21-46(42)49/h1-7,9-17,19-24,27-29,37,40-41,44-45,48H,8,18,25-26,30-33,51H2. The fourth-order valence-corrected chi connectivity index (χ4v) is 14.3. The van der Waals surface area contributed by atoms with Crippen LogP contribution in [-0.4, -0.2) is 15.6 Å². The summed E-state index contributed by atoms with van der Waals surface area (Å²) >= 11 is 0. The zero-order chi connectivity index (χ0) is 33.8. The molecule has 0 radical (unpaired) electrons. The van der Waals surface area contributed by atoms with Crippen LogP contribution in [0.25, 0.3) is 11.1 Å². The van der Waals surface area contributed by atoms with E-state index in [0.29, 0.717) is 23.8 Å². The first-order chi connectivity index (χ1) is 25.3. The van der Waals surface area contributed by atoms with E-state index in [0.717, 1.165) is 24.3 Å². The number of fused-ring (bicyclic) bond motifs is 5. The highest BCUT2D eigenvalue weighted by molar-refractivity contribution is 6.57. The Morgan fingerprint density at radius 2 is 1.47 bits per heavy atom. The Kier molecular flexibility index (Phi) is 7.97. The summed E-state index contributed by atoms with van der Waals surface area (Å²) in [6.07, 6.45) is 27.3. The number of hydrogen-bond acceptors (Lipinski definition) is 1. The number of hydrogen-bond donors (Lipinski definition) is 0. The second-order valence-corrected chi connectivity index (χ2v) is 18.3. The van der Waals surface area contributed by atoms with Crippen LogP contribution in [-0.2, 0) is 5.41 Å². The first-order valence-corrected chi connectivity index (χ1v) is 21.3. The van der Waals surface area contributed by atoms with Gasteiger partial charge in [0, 0.05) is 34.7 Å². The maximum atomic E-state index is 2.84. The van der Waals surface area contributed by atoms with E-state index in [2.05, 4.69) is 157 Å². The van der Waals surface area contributed by atoms with Crippen LogP contribution in [0.15, 0.2) is 169 Å². The fraction of sp³-hybridized carbons (Fsp3) is 0.306. The van der Waals surface area contributed by atoms with Gasteiger partial charge < -0.3 is 4.90 Å². The maximum Gasteiger partial charge on any atom is 0.0588 e. The van der Waals surface area contributed by atoms with Crippen molar-refractivity contribution in [3.63, 3.8) is 0 Å². The summed E-state index contributed by atoms with van der Waals surface area (Å²) in [4.78, 5) is 2.84. The topological polar surface area (TPSA) is 3.24 Å². The van der Waals surface area contributed by atoms with Crippen molar-refractivity contribution in [2.24, 2.45) is 17.8 Å². The summed E-state index contributed by atoms with van der Waals surface area (Å²) in [7, 11) is -0.190. The van der Waals surface area contributed by atoms with E-state index < -0.39 is 0 Å². The molecule has 51 heavy (non-hydrogen) atoms. The SMILES string of the molecule is C1=CC2C3=C(C=CCC3)C(c3ccccc3)(C3CC=C(N(c4ccc(-c5ccccc5)cc4)C4CCC5[SiH2]c6ccccc6C5C4)CC3)C2C=C1. The molecule has 1 nitrogen and oxygen atoms in total. The van der Waals surface area contributed by atoms with Gasteiger partial charge in [0.05, 0.1) is 9.52 Å². The minimum atomic E-state index is -0.190. The summed E-state index contributed by atoms with van der Waals surface area (Å²) in [5, 5.41) is 1.74. The van der Waals surface area contributed by atoms with Crippen molar-refractivity contribution in [3.05, 3.63) is 180 Å². The largest absolute Gasteiger partial charge is 0.342 e. The van der Waals surface area contributed by atoms with Gasteiger partial charge in [0.25, 0.3) is 0 Å². The van der Waals surface area contributed by atoms with Gasteiger partial charge in [-0.3, -0.25) is 0 Å². The van der Waals surface area contributed by atoms with Crippen LogP contribution in [0.4, 0.5) is 5.69 Å². The van der Waals surface area contributed by atoms with E-state index in [1.807, 2.05) is 0 Å². The lowest BCUT2D eigenvalue weighted by Crippen LogP contribution is -2.44. The van der Waals surface area contributed by atoms with Crippen molar-refractivity contribution in [1.29, 1.82) is 0 Å². The smallest absolute Gasteiger partial charge is 0.0588 e. The maximum absolute atomic E-state index is 2.84. The molecule has 7 unspecified atom stereocenters. The van der Waals surface area contributed by atoms with Crippen LogP contribution < -0.4 is 10.1 Å². The van der Waals surface area contributed by atoms with Gasteiger partial charge in [-0.2, -0.15) is 0 Å². The van der Waals surface area contributed by atoms with Crippen molar-refractivity contribution in [1.82, 2.24) is 0 Å². The third kappa shape index (κ3) is 5.16. The average Bonchev–Trinajstić information content (AvgIpc) is 3.73. The van der Waals surface area contributed by atoms with Gasteiger partial charge in [-0.25, -0.2) is 0 Å². The minimum Gasteiger partial charge on any atom is -0.342 e. The Hall–Kier alpha value is -4.40. The molecule has 1 saturated carbocycles. The highest BCUT2D eigenvalue weighted by atomic mass is 28.2. The fourth-order valence-electron chi connectivity index (χ4n) is 11.7. The zero-order valence-corrected chi connectivity index (χ0v) is 31.1. The third-order valence-corrected chi connectivity index (χ3v) is 16.4. The summed E-state index contributed by atoms with van der Waals surface area (Å²) < 4.78 is 0. The summed E-state index contributed by atoms with van der Waals surface area (Å²) in [6.45, 7) is 0. The van der Waals surface area contributed by atoms with Crippen molar-refractivity contribution in [2.45, 2.75) is 74.3 Å². The van der Waals surface area contributed by atoms with Gasteiger partial charge >= 0.3 is 0 Å². The molecule has 5 aliphatic carbocycles. The number of anilines is 1. The van der Waals surface area contributed by atoms with Gasteiger partial charge in [0.2, 0.25) is 0 Å². The number of allylic oxidation sites excluding steroid dienone is 10. The molecular weight excluding hydrogens is 631 g/mol. The van der Waals surface area contributed by atoms with E-state index in [1.54, 1.807) is 27.6 Å². The molecule has 0 N–H and O–H groups in total. The summed E-state index contributed by atoms with van der Waals surface area (Å²) in [6, 6.07) is 42.1. The molecule has 0 amide bonds. The van der Waals surface area contributed by atoms with Gasteiger partial charge in [-0.05, 0) is 102 Å². The quantitative estimate of drug-likeness (QED) is 0.183. The molecular formula is C49H49NSi. The van der Waals surface area contributed by atoms with Gasteiger partial charge in [0.15, 0.2) is 0 Å². The number of rotatable bonds is 6. The molecule has 0 bridgehead atoms. The molecule has 0 saturated heterocycles. The lowest BCUT2D eigenvalue weighted by atomic mass is 9.56. The highest BCUT2D eigenvalue weighted by Crippen LogP contribution is 2.62. The lowest BCUT2D eigenvalue weighted by Gasteiger charge is -2.48. The van der Waals surface area contributed by atoms with Gasteiger partial charge in [-0.15, -0.1) is 0 Å². The molecule has 6 aliphatic rings. The van der Waals surface area contributed by atoms with E-state index in [9.17, 15) is 0 Å². The molecule has 4 aromatic rings. The second-order valence-electron chi connectivity index (χ2n) is 16.1. The first-order valence-electron chi connectivity index (χ1n) is 19.8. The van der Waals surface area contributed by atoms with Crippen LogP contribution in [0.1, 0.15) is 68.4 Å². The Morgan fingerprint density at radius 1 is 0.706 bits per heavy atom. The van der Waals surface area contributed by atoms with Crippen LogP contribution >= 0.6 is 0 Å². The Morgan fingerprint density at radius 3 is 2.29 bits per heavy atom. The third-order valence-electron chi connectivity index (χ3n) is 13.8. The second kappa shape index (κ2) is 13.0. The van der Waals surface area contributed by atoms with Gasteiger partial charge in [0.1, 0.15) is 0 Å². The number of nitrogens with zero attached hydrogens (tertiary/aromatic N) is 1. The van der Waals surface area contributed by atoms with Crippen LogP contribution in [0.2, 0.25) is 5.54 Å². The molecule has 4 aromatic carbocycles. The summed E-state index contributed by atoms with van der Waals surface area (Å²) in [5.41, 5.74) is 13.1. The van der Waals surface area contributed by atoms with E-state index in [-0.39, 0.29) is 14.9 Å². The average molecular weight is 680 g/mol. The van der Waals surface area contributed by atoms with Crippen molar-refractivity contribution < 1.29 is 0 Å². The lowest BCUT2D eigenvalue weighted by molar-refractivity contribution is 0.224. The zero-order valence-electron chi connectivity index (χ0n) is 29.7. The Bertz CT molecular complexity index is 2070. The summed E-state index contributed by atoms with van der Waals surface area (Å²) in [5.74, 6) is 2.31. The molecule has 1 aliphatic heterocycles. The Labute approximate surface area is 307 Å². The highest BCUT2D eigenvalue weighted by Gasteiger charge is 2.56. The molecule has 254 valence electrons. The van der Waals surface area contributed by atoms with E-state index >= 15 is 0 Å². The Balaban J connectivity index is 1.03. The van der Waals surface area contributed by atoms with Crippen molar-refractivity contribution in [2.75, 3.05) is 4.90 Å². The van der Waals surface area contributed by atoms with Gasteiger partial charge in [-0.1, -0.05) is 157 Å². The van der Waals surface area contributed by atoms with Crippen LogP contribution in [0.5, 0.6) is 0 Å². The molecule has 2 heteroatoms.